The molecule has 2 N–H and O–H groups in total. The Hall–Kier alpha value is -2.04. The molecule has 3 rings (SSSR count). The molecule has 2 aromatic rings. The van der Waals surface area contributed by atoms with Crippen molar-refractivity contribution in [1.29, 1.82) is 0 Å². The first-order valence-corrected chi connectivity index (χ1v) is 6.64. The van der Waals surface area contributed by atoms with Gasteiger partial charge in [0.25, 0.3) is 0 Å². The molecular formula is C14H17N3O2. The molecule has 19 heavy (non-hydrogen) atoms. The minimum Gasteiger partial charge on any atom is -0.476 e. The van der Waals surface area contributed by atoms with Gasteiger partial charge in [-0.1, -0.05) is 13.0 Å². The van der Waals surface area contributed by atoms with Crippen LogP contribution in [0.1, 0.15) is 43.1 Å². The maximum Gasteiger partial charge on any atom is 0.356 e. The number of hydrogen-bond acceptors (Lipinski definition) is 3. The third kappa shape index (κ3) is 1.85. The molecule has 0 radical (unpaired) electrons. The van der Waals surface area contributed by atoms with Gasteiger partial charge in [-0.25, -0.2) is 9.78 Å². The Labute approximate surface area is 111 Å². The quantitative estimate of drug-likeness (QED) is 0.886. The molecule has 100 valence electrons. The summed E-state index contributed by atoms with van der Waals surface area (Å²) in [7, 11) is 0. The molecule has 0 atom stereocenters. The van der Waals surface area contributed by atoms with E-state index in [0.717, 1.165) is 19.3 Å². The smallest absolute Gasteiger partial charge is 0.356 e. The number of hydrogen-bond donors (Lipinski definition) is 2. The summed E-state index contributed by atoms with van der Waals surface area (Å²) in [6.07, 6.45) is 6.07. The number of pyridine rings is 1. The average molecular weight is 259 g/mol. The molecule has 1 fully saturated rings. The van der Waals surface area contributed by atoms with E-state index in [9.17, 15) is 9.90 Å². The highest BCUT2D eigenvalue weighted by atomic mass is 16.4. The summed E-state index contributed by atoms with van der Waals surface area (Å²) >= 11 is 0. The van der Waals surface area contributed by atoms with Crippen molar-refractivity contribution in [2.45, 2.75) is 38.1 Å². The second kappa shape index (κ2) is 4.26. The Kier molecular flexibility index (Phi) is 2.69. The minimum absolute atomic E-state index is 0.0299. The van der Waals surface area contributed by atoms with Crippen LogP contribution in [-0.2, 0) is 0 Å². The van der Waals surface area contributed by atoms with Crippen LogP contribution in [0.3, 0.4) is 0 Å². The number of nitrogens with zero attached hydrogens (tertiary/aromatic N) is 2. The third-order valence-electron chi connectivity index (χ3n) is 4.10. The molecule has 0 bridgehead atoms. The van der Waals surface area contributed by atoms with Crippen molar-refractivity contribution in [3.05, 3.63) is 30.1 Å². The molecule has 0 unspecified atom stereocenters. The lowest BCUT2D eigenvalue weighted by Gasteiger charge is -2.42. The zero-order valence-corrected chi connectivity index (χ0v) is 10.9. The number of aromatic nitrogens is 2. The molecule has 1 aliphatic rings. The normalized spacial score (nSPS) is 17.1. The Morgan fingerprint density at radius 3 is 2.89 bits per heavy atom. The Morgan fingerprint density at radius 2 is 2.32 bits per heavy atom. The van der Waals surface area contributed by atoms with Crippen molar-refractivity contribution in [3.63, 3.8) is 0 Å². The van der Waals surface area contributed by atoms with Crippen LogP contribution in [0.2, 0.25) is 0 Å². The molecule has 0 amide bonds. The summed E-state index contributed by atoms with van der Waals surface area (Å²) < 4.78 is 1.62. The number of rotatable bonds is 4. The molecule has 2 aromatic heterocycles. The molecule has 2 heterocycles. The largest absolute Gasteiger partial charge is 0.476 e. The first-order chi connectivity index (χ1) is 9.15. The fraction of sp³-hybridized carbons (Fsp3) is 0.429. The Morgan fingerprint density at radius 1 is 1.53 bits per heavy atom. The Bertz CT molecular complexity index is 623. The predicted molar refractivity (Wildman–Crippen MR) is 72.6 cm³/mol. The zero-order valence-electron chi connectivity index (χ0n) is 10.9. The van der Waals surface area contributed by atoms with E-state index in [0.29, 0.717) is 11.5 Å². The lowest BCUT2D eigenvalue weighted by atomic mass is 9.75. The number of carboxylic acid groups (broad SMARTS) is 1. The highest BCUT2D eigenvalue weighted by Crippen LogP contribution is 2.38. The molecular weight excluding hydrogens is 242 g/mol. The predicted octanol–water partition coefficient (Wildman–Crippen LogP) is 2.78. The van der Waals surface area contributed by atoms with Gasteiger partial charge in [0.05, 0.1) is 0 Å². The van der Waals surface area contributed by atoms with Gasteiger partial charge in [-0.05, 0) is 37.8 Å². The van der Waals surface area contributed by atoms with Gasteiger partial charge in [0.2, 0.25) is 0 Å². The molecule has 5 nitrogen and oxygen atoms in total. The van der Waals surface area contributed by atoms with Crippen molar-refractivity contribution >= 4 is 17.4 Å². The number of aromatic carboxylic acids is 1. The maximum absolute atomic E-state index is 11.5. The van der Waals surface area contributed by atoms with Crippen LogP contribution >= 0.6 is 0 Å². The molecule has 0 aromatic carbocycles. The van der Waals surface area contributed by atoms with E-state index in [1.807, 2.05) is 18.2 Å². The number of imidazole rings is 1. The van der Waals surface area contributed by atoms with Crippen molar-refractivity contribution < 1.29 is 9.90 Å². The van der Waals surface area contributed by atoms with Crippen LogP contribution in [0.4, 0.5) is 5.82 Å². The standard InChI is InChI=1S/C14H17N3O2/c1-2-14(7-5-8-14)16-12-11(13(18)19)17-9-4-3-6-10(17)15-12/h3-4,6,9,16H,2,5,7-8H2,1H3,(H,18,19). The van der Waals surface area contributed by atoms with Gasteiger partial charge in [0, 0.05) is 11.7 Å². The second-order valence-corrected chi connectivity index (χ2v) is 5.16. The van der Waals surface area contributed by atoms with Gasteiger partial charge >= 0.3 is 5.97 Å². The van der Waals surface area contributed by atoms with E-state index in [2.05, 4.69) is 17.2 Å². The van der Waals surface area contributed by atoms with Crippen molar-refractivity contribution in [1.82, 2.24) is 9.38 Å². The van der Waals surface area contributed by atoms with E-state index in [-0.39, 0.29) is 11.2 Å². The SMILES string of the molecule is CCC1(Nc2nc3ccccn3c2C(=O)O)CCC1. The summed E-state index contributed by atoms with van der Waals surface area (Å²) in [4.78, 5) is 15.9. The third-order valence-corrected chi connectivity index (χ3v) is 4.10. The van der Waals surface area contributed by atoms with E-state index >= 15 is 0 Å². The van der Waals surface area contributed by atoms with Crippen LogP contribution in [-0.4, -0.2) is 26.0 Å². The Balaban J connectivity index is 2.07. The van der Waals surface area contributed by atoms with Crippen molar-refractivity contribution in [2.24, 2.45) is 0 Å². The van der Waals surface area contributed by atoms with Gasteiger partial charge in [0.15, 0.2) is 11.5 Å². The maximum atomic E-state index is 11.5. The van der Waals surface area contributed by atoms with Crippen LogP contribution in [0, 0.1) is 0 Å². The fourth-order valence-corrected chi connectivity index (χ4v) is 2.71. The minimum atomic E-state index is -0.952. The average Bonchev–Trinajstić information content (AvgIpc) is 2.71. The molecule has 1 saturated carbocycles. The summed E-state index contributed by atoms with van der Waals surface area (Å²) in [5.74, 6) is -0.466. The fourth-order valence-electron chi connectivity index (χ4n) is 2.71. The lowest BCUT2D eigenvalue weighted by molar-refractivity contribution is 0.0690. The molecule has 0 aliphatic heterocycles. The summed E-state index contributed by atoms with van der Waals surface area (Å²) in [5.41, 5.74) is 0.908. The summed E-state index contributed by atoms with van der Waals surface area (Å²) in [5, 5.41) is 12.8. The van der Waals surface area contributed by atoms with E-state index < -0.39 is 5.97 Å². The van der Waals surface area contributed by atoms with Crippen LogP contribution < -0.4 is 5.32 Å². The van der Waals surface area contributed by atoms with Gasteiger partial charge < -0.3 is 10.4 Å². The van der Waals surface area contributed by atoms with Crippen LogP contribution in [0.15, 0.2) is 24.4 Å². The first-order valence-electron chi connectivity index (χ1n) is 6.64. The molecule has 0 spiro atoms. The number of carboxylic acids is 1. The number of carbonyl (C=O) groups is 1. The van der Waals surface area contributed by atoms with E-state index in [1.165, 1.54) is 6.42 Å². The van der Waals surface area contributed by atoms with Crippen LogP contribution in [0.5, 0.6) is 0 Å². The van der Waals surface area contributed by atoms with Gasteiger partial charge in [-0.3, -0.25) is 4.40 Å². The number of fused-ring (bicyclic) bond motifs is 1. The summed E-state index contributed by atoms with van der Waals surface area (Å²) in [6.45, 7) is 2.13. The van der Waals surface area contributed by atoms with E-state index in [1.54, 1.807) is 10.6 Å². The summed E-state index contributed by atoms with van der Waals surface area (Å²) in [6, 6.07) is 5.48. The molecule has 5 heteroatoms. The van der Waals surface area contributed by atoms with Crippen molar-refractivity contribution in [3.8, 4) is 0 Å². The van der Waals surface area contributed by atoms with Crippen molar-refractivity contribution in [2.75, 3.05) is 5.32 Å². The van der Waals surface area contributed by atoms with Crippen LogP contribution in [0.25, 0.3) is 5.65 Å². The highest BCUT2D eigenvalue weighted by Gasteiger charge is 2.36. The molecule has 1 aliphatic carbocycles. The second-order valence-electron chi connectivity index (χ2n) is 5.16. The monoisotopic (exact) mass is 259 g/mol. The topological polar surface area (TPSA) is 66.6 Å². The van der Waals surface area contributed by atoms with Gasteiger partial charge in [0.1, 0.15) is 5.65 Å². The lowest BCUT2D eigenvalue weighted by Crippen LogP contribution is -2.44. The van der Waals surface area contributed by atoms with E-state index in [4.69, 9.17) is 0 Å². The number of nitrogens with one attached hydrogen (secondary N) is 1. The highest BCUT2D eigenvalue weighted by molar-refractivity contribution is 5.93. The molecule has 0 saturated heterocycles. The van der Waals surface area contributed by atoms with Gasteiger partial charge in [-0.15, -0.1) is 0 Å². The zero-order chi connectivity index (χ0) is 13.5. The number of anilines is 1. The first kappa shape index (κ1) is 12.0. The van der Waals surface area contributed by atoms with Gasteiger partial charge in [-0.2, -0.15) is 0 Å².